The van der Waals surface area contributed by atoms with Gasteiger partial charge in [0.05, 0.1) is 23.8 Å². The third-order valence-corrected chi connectivity index (χ3v) is 6.33. The van der Waals surface area contributed by atoms with Gasteiger partial charge in [-0.1, -0.05) is 41.6 Å². The highest BCUT2D eigenvalue weighted by atomic mass is 35.5. The molecule has 3 heterocycles. The first kappa shape index (κ1) is 20.7. The van der Waals surface area contributed by atoms with Crippen molar-refractivity contribution in [1.82, 2.24) is 19.5 Å². The quantitative estimate of drug-likeness (QED) is 0.267. The number of aryl methyl sites for hydroxylation is 1. The molecule has 0 saturated heterocycles. The van der Waals surface area contributed by atoms with Crippen LogP contribution in [0.15, 0.2) is 76.6 Å². The summed E-state index contributed by atoms with van der Waals surface area (Å²) in [6.45, 7) is 2.37. The monoisotopic (exact) mass is 464 g/mol. The molecule has 0 bridgehead atoms. The zero-order valence-electron chi connectivity index (χ0n) is 17.1. The first-order chi connectivity index (χ1) is 15.6. The highest BCUT2D eigenvalue weighted by molar-refractivity contribution is 7.98. The Morgan fingerprint density at radius 2 is 1.97 bits per heavy atom. The molecule has 5 rings (SSSR count). The molecule has 2 aromatic carbocycles. The second kappa shape index (κ2) is 8.76. The maximum atomic E-state index is 13.6. The van der Waals surface area contributed by atoms with E-state index in [-0.39, 0.29) is 5.82 Å². The third kappa shape index (κ3) is 4.26. The molecule has 0 saturated carbocycles. The average molecular weight is 465 g/mol. The van der Waals surface area contributed by atoms with Crippen LogP contribution >= 0.6 is 23.4 Å². The minimum Gasteiger partial charge on any atom is -0.441 e. The number of oxazole rings is 1. The number of nitrogens with zero attached hydrogens (tertiary/aromatic N) is 4. The number of hydrogen-bond acceptors (Lipinski definition) is 5. The largest absolute Gasteiger partial charge is 0.441 e. The molecule has 32 heavy (non-hydrogen) atoms. The van der Waals surface area contributed by atoms with Gasteiger partial charge in [-0.05, 0) is 48.9 Å². The summed E-state index contributed by atoms with van der Waals surface area (Å²) in [5.74, 6) is 1.61. The van der Waals surface area contributed by atoms with Gasteiger partial charge in [0.15, 0.2) is 5.16 Å². The summed E-state index contributed by atoms with van der Waals surface area (Å²) in [6, 6.07) is 15.9. The van der Waals surface area contributed by atoms with Crippen LogP contribution in [0.3, 0.4) is 0 Å². The molecule has 0 atom stereocenters. The number of halogens is 2. The van der Waals surface area contributed by atoms with Gasteiger partial charge in [-0.25, -0.2) is 14.4 Å². The smallest absolute Gasteiger partial charge is 0.226 e. The molecule has 0 amide bonds. The zero-order chi connectivity index (χ0) is 22.1. The molecule has 0 aliphatic carbocycles. The molecule has 0 unspecified atom stereocenters. The average Bonchev–Trinajstić information content (AvgIpc) is 3.33. The van der Waals surface area contributed by atoms with E-state index in [1.807, 2.05) is 43.3 Å². The van der Waals surface area contributed by atoms with E-state index in [9.17, 15) is 4.39 Å². The SMILES string of the molecule is Cc1oc(-c2cccc(Cl)c2)nc1Cn1c(SCc2cccc(F)c2)nc2ccncc21. The van der Waals surface area contributed by atoms with Gasteiger partial charge in [0.25, 0.3) is 0 Å². The Hall–Kier alpha value is -3.16. The fourth-order valence-electron chi connectivity index (χ4n) is 3.45. The third-order valence-electron chi connectivity index (χ3n) is 5.04. The predicted molar refractivity (Wildman–Crippen MR) is 124 cm³/mol. The molecule has 160 valence electrons. The topological polar surface area (TPSA) is 56.7 Å². The Morgan fingerprint density at radius 1 is 1.09 bits per heavy atom. The van der Waals surface area contributed by atoms with Crippen molar-refractivity contribution in [2.45, 2.75) is 24.4 Å². The Labute approximate surface area is 193 Å². The van der Waals surface area contributed by atoms with Gasteiger partial charge in [-0.2, -0.15) is 0 Å². The molecule has 0 aliphatic rings. The number of thioether (sulfide) groups is 1. The van der Waals surface area contributed by atoms with E-state index in [0.29, 0.717) is 23.2 Å². The van der Waals surface area contributed by atoms with E-state index < -0.39 is 0 Å². The number of imidazole rings is 1. The number of aromatic nitrogens is 4. The van der Waals surface area contributed by atoms with Crippen LogP contribution in [0.5, 0.6) is 0 Å². The summed E-state index contributed by atoms with van der Waals surface area (Å²) in [6.07, 6.45) is 3.52. The van der Waals surface area contributed by atoms with Crippen LogP contribution in [0.1, 0.15) is 17.0 Å². The van der Waals surface area contributed by atoms with Gasteiger partial charge in [0, 0.05) is 22.5 Å². The molecule has 3 aromatic heterocycles. The van der Waals surface area contributed by atoms with Crippen molar-refractivity contribution < 1.29 is 8.81 Å². The molecular weight excluding hydrogens is 447 g/mol. The minimum atomic E-state index is -0.243. The fourth-order valence-corrected chi connectivity index (χ4v) is 4.60. The fraction of sp³-hybridized carbons (Fsp3) is 0.125. The van der Waals surface area contributed by atoms with Gasteiger partial charge >= 0.3 is 0 Å². The molecule has 5 nitrogen and oxygen atoms in total. The molecule has 0 radical (unpaired) electrons. The lowest BCUT2D eigenvalue weighted by atomic mass is 10.2. The minimum absolute atomic E-state index is 0.243. The maximum absolute atomic E-state index is 13.6. The first-order valence-corrected chi connectivity index (χ1v) is 11.3. The van der Waals surface area contributed by atoms with E-state index in [2.05, 4.69) is 9.55 Å². The number of hydrogen-bond donors (Lipinski definition) is 0. The highest BCUT2D eigenvalue weighted by Gasteiger charge is 2.17. The molecule has 0 aliphatic heterocycles. The van der Waals surface area contributed by atoms with Crippen molar-refractivity contribution in [1.29, 1.82) is 0 Å². The van der Waals surface area contributed by atoms with Crippen LogP contribution in [-0.4, -0.2) is 19.5 Å². The van der Waals surface area contributed by atoms with Crippen molar-refractivity contribution in [3.8, 4) is 11.5 Å². The Kier molecular flexibility index (Phi) is 5.68. The van der Waals surface area contributed by atoms with Gasteiger partial charge in [0.1, 0.15) is 17.3 Å². The van der Waals surface area contributed by atoms with E-state index in [4.69, 9.17) is 26.0 Å². The number of fused-ring (bicyclic) bond motifs is 1. The van der Waals surface area contributed by atoms with Gasteiger partial charge in [-0.15, -0.1) is 0 Å². The normalized spacial score (nSPS) is 11.3. The Morgan fingerprint density at radius 3 is 2.81 bits per heavy atom. The van der Waals surface area contributed by atoms with Crippen molar-refractivity contribution >= 4 is 34.4 Å². The first-order valence-electron chi connectivity index (χ1n) is 9.96. The molecule has 5 aromatic rings. The van der Waals surface area contributed by atoms with Crippen molar-refractivity contribution in [3.63, 3.8) is 0 Å². The number of rotatable bonds is 6. The Bertz CT molecular complexity index is 1410. The standard InChI is InChI=1S/C24H18ClFN4OS/c1-15-21(28-23(31-15)17-5-3-6-18(25)11-17)13-30-22-12-27-9-8-20(22)29-24(30)32-14-16-4-2-7-19(26)10-16/h2-12H,13-14H2,1H3. The molecule has 0 fully saturated rings. The molecule has 0 spiro atoms. The Balaban J connectivity index is 1.48. The summed E-state index contributed by atoms with van der Waals surface area (Å²) < 4.78 is 21.6. The lowest BCUT2D eigenvalue weighted by molar-refractivity contribution is 0.537. The van der Waals surface area contributed by atoms with Crippen LogP contribution in [0.2, 0.25) is 5.02 Å². The van der Waals surface area contributed by atoms with E-state index >= 15 is 0 Å². The maximum Gasteiger partial charge on any atom is 0.226 e. The second-order valence-corrected chi connectivity index (χ2v) is 8.67. The van der Waals surface area contributed by atoms with Gasteiger partial charge in [-0.3, -0.25) is 4.98 Å². The molecular formula is C24H18ClFN4OS. The lowest BCUT2D eigenvalue weighted by Crippen LogP contribution is -2.03. The van der Waals surface area contributed by atoms with Gasteiger partial charge in [0.2, 0.25) is 5.89 Å². The molecule has 8 heteroatoms. The predicted octanol–water partition coefficient (Wildman–Crippen LogP) is 6.53. The summed E-state index contributed by atoms with van der Waals surface area (Å²) in [5, 5.41) is 1.44. The van der Waals surface area contributed by atoms with E-state index in [1.54, 1.807) is 36.3 Å². The summed E-state index contributed by atoms with van der Waals surface area (Å²) >= 11 is 7.67. The summed E-state index contributed by atoms with van der Waals surface area (Å²) in [5.41, 5.74) is 4.27. The lowest BCUT2D eigenvalue weighted by Gasteiger charge is -2.08. The molecule has 0 N–H and O–H groups in total. The van der Waals surface area contributed by atoms with Crippen molar-refractivity contribution in [3.05, 3.63) is 94.8 Å². The van der Waals surface area contributed by atoms with Crippen molar-refractivity contribution in [2.75, 3.05) is 0 Å². The van der Waals surface area contributed by atoms with E-state index in [0.717, 1.165) is 38.8 Å². The van der Waals surface area contributed by atoms with Gasteiger partial charge < -0.3 is 8.98 Å². The number of pyridine rings is 1. The summed E-state index contributed by atoms with van der Waals surface area (Å²) in [7, 11) is 0. The zero-order valence-corrected chi connectivity index (χ0v) is 18.7. The number of benzene rings is 2. The highest BCUT2D eigenvalue weighted by Crippen LogP contribution is 2.29. The summed E-state index contributed by atoms with van der Waals surface area (Å²) in [4.78, 5) is 13.8. The van der Waals surface area contributed by atoms with Crippen molar-refractivity contribution in [2.24, 2.45) is 0 Å². The second-order valence-electron chi connectivity index (χ2n) is 7.30. The van der Waals surface area contributed by atoms with Crippen LogP contribution in [-0.2, 0) is 12.3 Å². The van der Waals surface area contributed by atoms with Crippen LogP contribution in [0, 0.1) is 12.7 Å². The van der Waals surface area contributed by atoms with E-state index in [1.165, 1.54) is 6.07 Å². The van der Waals surface area contributed by atoms with Crippen LogP contribution in [0.4, 0.5) is 4.39 Å². The van der Waals surface area contributed by atoms with Crippen LogP contribution < -0.4 is 0 Å². The van der Waals surface area contributed by atoms with Crippen LogP contribution in [0.25, 0.3) is 22.5 Å².